The molecule has 0 aliphatic heterocycles. The lowest BCUT2D eigenvalue weighted by Crippen LogP contribution is -2.36. The first kappa shape index (κ1) is 12.2. The van der Waals surface area contributed by atoms with Gasteiger partial charge in [0.2, 0.25) is 5.91 Å². The summed E-state index contributed by atoms with van der Waals surface area (Å²) >= 11 is 0. The highest BCUT2D eigenvalue weighted by Gasteiger charge is 2.10. The molecule has 13 heavy (non-hydrogen) atoms. The van der Waals surface area contributed by atoms with Crippen LogP contribution in [0.2, 0.25) is 6.32 Å². The number of hydrogen-bond donors (Lipinski definition) is 1. The van der Waals surface area contributed by atoms with E-state index >= 15 is 0 Å². The molecule has 0 heterocycles. The normalized spacial score (nSPS) is 9.62. The van der Waals surface area contributed by atoms with Gasteiger partial charge < -0.3 is 15.4 Å². The van der Waals surface area contributed by atoms with E-state index in [0.717, 1.165) is 0 Å². The largest absolute Gasteiger partial charge is 0.334 e. The molecule has 0 spiro atoms. The molecule has 0 aromatic heterocycles. The Bertz CT molecular complexity index is 164. The SMILES string of the molecule is [B]CCCC(=O)N(CC=O)CCN. The Balaban J connectivity index is 3.87. The quantitative estimate of drug-likeness (QED) is 0.420. The van der Waals surface area contributed by atoms with Gasteiger partial charge in [-0.05, 0) is 0 Å². The zero-order chi connectivity index (χ0) is 10.1. The van der Waals surface area contributed by atoms with Gasteiger partial charge in [-0.25, -0.2) is 0 Å². The molecule has 0 unspecified atom stereocenters. The fourth-order valence-corrected chi connectivity index (χ4v) is 0.975. The third-order valence-corrected chi connectivity index (χ3v) is 1.64. The number of amides is 1. The van der Waals surface area contributed by atoms with Crippen molar-refractivity contribution in [2.45, 2.75) is 19.2 Å². The van der Waals surface area contributed by atoms with Crippen LogP contribution in [0.4, 0.5) is 0 Å². The molecule has 1 amide bonds. The van der Waals surface area contributed by atoms with Gasteiger partial charge in [-0.3, -0.25) is 4.79 Å². The van der Waals surface area contributed by atoms with E-state index < -0.39 is 0 Å². The molecule has 4 nitrogen and oxygen atoms in total. The first-order valence-electron chi connectivity index (χ1n) is 4.37. The van der Waals surface area contributed by atoms with Crippen LogP contribution < -0.4 is 5.73 Å². The summed E-state index contributed by atoms with van der Waals surface area (Å²) in [4.78, 5) is 23.0. The summed E-state index contributed by atoms with van der Waals surface area (Å²) in [5, 5.41) is 0. The average molecular weight is 182 g/mol. The predicted molar refractivity (Wildman–Crippen MR) is 51.5 cm³/mol. The lowest BCUT2D eigenvalue weighted by molar-refractivity contribution is -0.133. The van der Waals surface area contributed by atoms with Crippen molar-refractivity contribution in [2.75, 3.05) is 19.6 Å². The Kier molecular flexibility index (Phi) is 7.29. The van der Waals surface area contributed by atoms with Gasteiger partial charge in [0.1, 0.15) is 6.29 Å². The van der Waals surface area contributed by atoms with E-state index in [2.05, 4.69) is 0 Å². The summed E-state index contributed by atoms with van der Waals surface area (Å²) in [5.74, 6) is -0.0528. The number of carbonyl (C=O) groups excluding carboxylic acids is 2. The third kappa shape index (κ3) is 5.41. The van der Waals surface area contributed by atoms with Crippen molar-refractivity contribution in [3.8, 4) is 0 Å². The molecule has 0 rings (SSSR count). The molecule has 0 aromatic rings. The molecule has 5 heteroatoms. The third-order valence-electron chi connectivity index (χ3n) is 1.64. The molecule has 0 aromatic carbocycles. The van der Waals surface area contributed by atoms with Gasteiger partial charge in [0, 0.05) is 19.5 Å². The van der Waals surface area contributed by atoms with E-state index in [0.29, 0.717) is 38.5 Å². The van der Waals surface area contributed by atoms with Crippen molar-refractivity contribution >= 4 is 20.0 Å². The van der Waals surface area contributed by atoms with Gasteiger partial charge in [-0.2, -0.15) is 0 Å². The molecular formula is C8H15BN2O2. The maximum atomic E-state index is 11.3. The summed E-state index contributed by atoms with van der Waals surface area (Å²) in [7, 11) is 5.26. The van der Waals surface area contributed by atoms with Gasteiger partial charge in [0.15, 0.2) is 0 Å². The Morgan fingerprint density at radius 1 is 1.54 bits per heavy atom. The first-order valence-corrected chi connectivity index (χ1v) is 4.37. The number of aldehydes is 1. The number of hydrogen-bond acceptors (Lipinski definition) is 3. The molecule has 2 radical (unpaired) electrons. The second-order valence-corrected chi connectivity index (χ2v) is 2.69. The Morgan fingerprint density at radius 3 is 2.69 bits per heavy atom. The van der Waals surface area contributed by atoms with E-state index in [1.165, 1.54) is 4.90 Å². The van der Waals surface area contributed by atoms with Crippen molar-refractivity contribution in [1.29, 1.82) is 0 Å². The van der Waals surface area contributed by atoms with Gasteiger partial charge in [-0.15, -0.1) is 0 Å². The van der Waals surface area contributed by atoms with Crippen LogP contribution in [0, 0.1) is 0 Å². The van der Waals surface area contributed by atoms with Gasteiger partial charge in [0.05, 0.1) is 14.4 Å². The van der Waals surface area contributed by atoms with E-state index in [4.69, 9.17) is 13.6 Å². The van der Waals surface area contributed by atoms with Crippen molar-refractivity contribution < 1.29 is 9.59 Å². The summed E-state index contributed by atoms with van der Waals surface area (Å²) in [6.07, 6.45) is 2.24. The zero-order valence-corrected chi connectivity index (χ0v) is 7.74. The highest BCUT2D eigenvalue weighted by molar-refractivity contribution is 6.08. The topological polar surface area (TPSA) is 63.4 Å². The zero-order valence-electron chi connectivity index (χ0n) is 7.74. The summed E-state index contributed by atoms with van der Waals surface area (Å²) in [6.45, 7) is 0.935. The molecule has 0 aliphatic carbocycles. The Morgan fingerprint density at radius 2 is 2.23 bits per heavy atom. The van der Waals surface area contributed by atoms with E-state index in [9.17, 15) is 9.59 Å². The number of nitrogens with two attached hydrogens (primary N) is 1. The minimum atomic E-state index is -0.0528. The maximum Gasteiger partial charge on any atom is 0.222 e. The Labute approximate surface area is 79.9 Å². The number of carbonyl (C=O) groups is 2. The molecule has 72 valence electrons. The molecular weight excluding hydrogens is 167 g/mol. The van der Waals surface area contributed by atoms with Crippen LogP contribution in [0.15, 0.2) is 0 Å². The second-order valence-electron chi connectivity index (χ2n) is 2.69. The highest BCUT2D eigenvalue weighted by Crippen LogP contribution is 1.98. The minimum Gasteiger partial charge on any atom is -0.334 e. The smallest absolute Gasteiger partial charge is 0.222 e. The van der Waals surface area contributed by atoms with E-state index in [1.807, 2.05) is 0 Å². The van der Waals surface area contributed by atoms with Crippen LogP contribution in [0.3, 0.4) is 0 Å². The predicted octanol–water partition coefficient (Wildman–Crippen LogP) is -0.660. The van der Waals surface area contributed by atoms with Crippen LogP contribution in [-0.4, -0.2) is 44.6 Å². The van der Waals surface area contributed by atoms with Crippen LogP contribution in [0.1, 0.15) is 12.8 Å². The molecule has 0 atom stereocenters. The second kappa shape index (κ2) is 7.80. The molecule has 0 bridgehead atoms. The van der Waals surface area contributed by atoms with E-state index in [1.54, 1.807) is 0 Å². The highest BCUT2D eigenvalue weighted by atomic mass is 16.2. The monoisotopic (exact) mass is 182 g/mol. The average Bonchev–Trinajstić information content (AvgIpc) is 2.14. The lowest BCUT2D eigenvalue weighted by atomic mass is 10.00. The Hall–Kier alpha value is -0.835. The number of nitrogens with zero attached hydrogens (tertiary/aromatic N) is 1. The summed E-state index contributed by atoms with van der Waals surface area (Å²) in [5.41, 5.74) is 5.29. The molecule has 0 saturated heterocycles. The van der Waals surface area contributed by atoms with Crippen LogP contribution in [0.25, 0.3) is 0 Å². The molecule has 0 saturated carbocycles. The molecule has 2 N–H and O–H groups in total. The number of rotatable bonds is 7. The van der Waals surface area contributed by atoms with Gasteiger partial charge >= 0.3 is 0 Å². The lowest BCUT2D eigenvalue weighted by Gasteiger charge is -2.18. The van der Waals surface area contributed by atoms with Crippen LogP contribution in [-0.2, 0) is 9.59 Å². The maximum absolute atomic E-state index is 11.3. The fraction of sp³-hybridized carbons (Fsp3) is 0.750. The first-order chi connectivity index (χ1) is 6.26. The molecule has 0 fully saturated rings. The minimum absolute atomic E-state index is 0.0528. The van der Waals surface area contributed by atoms with Crippen molar-refractivity contribution in [3.63, 3.8) is 0 Å². The van der Waals surface area contributed by atoms with Crippen molar-refractivity contribution in [2.24, 2.45) is 5.73 Å². The van der Waals surface area contributed by atoms with Gasteiger partial charge in [0.25, 0.3) is 0 Å². The summed E-state index contributed by atoms with van der Waals surface area (Å²) in [6, 6.07) is 0. The van der Waals surface area contributed by atoms with Crippen LogP contribution in [0.5, 0.6) is 0 Å². The van der Waals surface area contributed by atoms with Crippen LogP contribution >= 0.6 is 0 Å². The summed E-state index contributed by atoms with van der Waals surface area (Å²) < 4.78 is 0. The van der Waals surface area contributed by atoms with Gasteiger partial charge in [-0.1, -0.05) is 12.7 Å². The fourth-order valence-electron chi connectivity index (χ4n) is 0.975. The molecule has 0 aliphatic rings. The van der Waals surface area contributed by atoms with Crippen molar-refractivity contribution in [1.82, 2.24) is 4.90 Å². The standard InChI is InChI=1S/C8H15BN2O2/c9-3-1-2-8(13)11(5-4-10)6-7-12/h7H,1-6,10H2. The van der Waals surface area contributed by atoms with E-state index in [-0.39, 0.29) is 12.5 Å². The van der Waals surface area contributed by atoms with Crippen molar-refractivity contribution in [3.05, 3.63) is 0 Å².